The number of ether oxygens (including phenoxy) is 3. The van der Waals surface area contributed by atoms with E-state index in [1.807, 2.05) is 42.5 Å². The zero-order valence-corrected chi connectivity index (χ0v) is 15.3. The van der Waals surface area contributed by atoms with Gasteiger partial charge in [0.2, 0.25) is 5.75 Å². The molecule has 0 radical (unpaired) electrons. The number of benzene rings is 2. The number of nitrogens with one attached hydrogen (secondary N) is 1. The summed E-state index contributed by atoms with van der Waals surface area (Å²) in [5.41, 5.74) is 1.31. The Bertz CT molecular complexity index is 640. The van der Waals surface area contributed by atoms with Crippen LogP contribution in [0, 0.1) is 0 Å². The number of hydrogen-bond acceptors (Lipinski definition) is 5. The van der Waals surface area contributed by atoms with Gasteiger partial charge in [-0.1, -0.05) is 30.3 Å². The van der Waals surface area contributed by atoms with Crippen LogP contribution in [0.4, 0.5) is 0 Å². The lowest BCUT2D eigenvalue weighted by Crippen LogP contribution is -2.34. The molecule has 0 amide bonds. The van der Waals surface area contributed by atoms with E-state index in [9.17, 15) is 5.11 Å². The van der Waals surface area contributed by atoms with Crippen LogP contribution in [0.25, 0.3) is 0 Å². The minimum atomic E-state index is -0.757. The first kappa shape index (κ1) is 19.1. The average Bonchev–Trinajstić information content (AvgIpc) is 2.59. The van der Waals surface area contributed by atoms with Crippen molar-refractivity contribution < 1.29 is 19.3 Å². The third kappa shape index (κ3) is 5.96. The lowest BCUT2D eigenvalue weighted by molar-refractivity contribution is 0.0795. The van der Waals surface area contributed by atoms with Gasteiger partial charge in [-0.3, -0.25) is 0 Å². The molecule has 2 N–H and O–H groups in total. The van der Waals surface area contributed by atoms with Crippen molar-refractivity contribution in [2.75, 3.05) is 20.8 Å². The van der Waals surface area contributed by atoms with E-state index in [-0.39, 0.29) is 0 Å². The van der Waals surface area contributed by atoms with Crippen LogP contribution in [0.15, 0.2) is 42.5 Å². The first-order valence-corrected chi connectivity index (χ1v) is 8.27. The minimum Gasteiger partial charge on any atom is -0.493 e. The monoisotopic (exact) mass is 345 g/mol. The summed E-state index contributed by atoms with van der Waals surface area (Å²) >= 11 is 0. The van der Waals surface area contributed by atoms with Crippen molar-refractivity contribution in [1.29, 1.82) is 0 Å². The molecule has 2 rings (SSSR count). The molecule has 0 saturated heterocycles. The van der Waals surface area contributed by atoms with Crippen molar-refractivity contribution in [3.05, 3.63) is 53.6 Å². The fourth-order valence-electron chi connectivity index (χ4n) is 2.42. The molecule has 5 heteroatoms. The minimum absolute atomic E-state index is 0.434. The molecule has 5 nitrogen and oxygen atoms in total. The summed E-state index contributed by atoms with van der Waals surface area (Å²) in [6, 6.07) is 13.8. The van der Waals surface area contributed by atoms with Crippen LogP contribution in [0.3, 0.4) is 0 Å². The Balaban J connectivity index is 2.13. The Kier molecular flexibility index (Phi) is 6.67. The lowest BCUT2D eigenvalue weighted by atomic mass is 10.1. The summed E-state index contributed by atoms with van der Waals surface area (Å²) in [5, 5.41) is 13.0. The maximum Gasteiger partial charge on any atom is 0.203 e. The van der Waals surface area contributed by atoms with Crippen LogP contribution in [0.2, 0.25) is 0 Å². The maximum atomic E-state index is 9.79. The molecule has 0 unspecified atom stereocenters. The second kappa shape index (κ2) is 8.74. The number of methoxy groups -OCH3 is 2. The van der Waals surface area contributed by atoms with E-state index in [1.165, 1.54) is 0 Å². The molecule has 136 valence electrons. The van der Waals surface area contributed by atoms with E-state index in [0.29, 0.717) is 36.9 Å². The summed E-state index contributed by atoms with van der Waals surface area (Å²) in [4.78, 5) is 0. The van der Waals surface area contributed by atoms with Gasteiger partial charge in [0.05, 0.1) is 19.8 Å². The smallest absolute Gasteiger partial charge is 0.203 e. The van der Waals surface area contributed by atoms with Crippen molar-refractivity contribution in [2.24, 2.45) is 0 Å². The standard InChI is InChI=1S/C20H27NO4/c1-20(2,22)14-21-12-16-10-17(23-3)19(18(11-16)24-4)25-13-15-8-6-5-7-9-15/h5-11,21-22H,12-14H2,1-4H3. The highest BCUT2D eigenvalue weighted by atomic mass is 16.5. The fourth-order valence-corrected chi connectivity index (χ4v) is 2.42. The third-order valence-electron chi connectivity index (χ3n) is 3.63. The van der Waals surface area contributed by atoms with Crippen molar-refractivity contribution >= 4 is 0 Å². The Morgan fingerprint density at radius 2 is 1.56 bits per heavy atom. The van der Waals surface area contributed by atoms with Crippen molar-refractivity contribution in [3.63, 3.8) is 0 Å². The van der Waals surface area contributed by atoms with Crippen LogP contribution in [-0.4, -0.2) is 31.5 Å². The molecular weight excluding hydrogens is 318 g/mol. The molecule has 0 aliphatic rings. The summed E-state index contributed by atoms with van der Waals surface area (Å²) in [7, 11) is 3.22. The van der Waals surface area contributed by atoms with Gasteiger partial charge in [0.15, 0.2) is 11.5 Å². The SMILES string of the molecule is COc1cc(CNCC(C)(C)O)cc(OC)c1OCc1ccccc1. The number of hydrogen-bond donors (Lipinski definition) is 2. The predicted octanol–water partition coefficient (Wildman–Crippen LogP) is 3.14. The van der Waals surface area contributed by atoms with Crippen LogP contribution >= 0.6 is 0 Å². The van der Waals surface area contributed by atoms with E-state index in [1.54, 1.807) is 28.1 Å². The maximum absolute atomic E-state index is 9.79. The second-order valence-electron chi connectivity index (χ2n) is 6.52. The zero-order valence-electron chi connectivity index (χ0n) is 15.3. The lowest BCUT2D eigenvalue weighted by Gasteiger charge is -2.19. The molecule has 0 aliphatic heterocycles. The first-order chi connectivity index (χ1) is 11.9. The molecule has 0 atom stereocenters. The average molecular weight is 345 g/mol. The number of aliphatic hydroxyl groups is 1. The van der Waals surface area contributed by atoms with Gasteiger partial charge >= 0.3 is 0 Å². The van der Waals surface area contributed by atoms with Crippen LogP contribution in [0.5, 0.6) is 17.2 Å². The molecule has 0 saturated carbocycles. The van der Waals surface area contributed by atoms with E-state index >= 15 is 0 Å². The predicted molar refractivity (Wildman–Crippen MR) is 98.3 cm³/mol. The fraction of sp³-hybridized carbons (Fsp3) is 0.400. The van der Waals surface area contributed by atoms with E-state index < -0.39 is 5.60 Å². The molecule has 0 bridgehead atoms. The van der Waals surface area contributed by atoms with Gasteiger partial charge in [0.25, 0.3) is 0 Å². The summed E-state index contributed by atoms with van der Waals surface area (Å²) in [6.07, 6.45) is 0. The van der Waals surface area contributed by atoms with Gasteiger partial charge in [-0.05, 0) is 37.1 Å². The van der Waals surface area contributed by atoms with Gasteiger partial charge in [0, 0.05) is 13.1 Å². The summed E-state index contributed by atoms with van der Waals surface area (Å²) in [6.45, 7) is 5.05. The van der Waals surface area contributed by atoms with Gasteiger partial charge in [-0.15, -0.1) is 0 Å². The topological polar surface area (TPSA) is 60.0 Å². The largest absolute Gasteiger partial charge is 0.493 e. The molecule has 0 fully saturated rings. The Hall–Kier alpha value is -2.24. The van der Waals surface area contributed by atoms with E-state index in [2.05, 4.69) is 5.32 Å². The highest BCUT2D eigenvalue weighted by Gasteiger charge is 2.16. The molecular formula is C20H27NO4. The van der Waals surface area contributed by atoms with Crippen molar-refractivity contribution in [1.82, 2.24) is 5.32 Å². The highest BCUT2D eigenvalue weighted by Crippen LogP contribution is 2.39. The zero-order chi connectivity index (χ0) is 18.3. The van der Waals surface area contributed by atoms with Crippen LogP contribution in [0.1, 0.15) is 25.0 Å². The Morgan fingerprint density at radius 1 is 0.960 bits per heavy atom. The van der Waals surface area contributed by atoms with Gasteiger partial charge in [-0.2, -0.15) is 0 Å². The highest BCUT2D eigenvalue weighted by molar-refractivity contribution is 5.54. The summed E-state index contributed by atoms with van der Waals surface area (Å²) < 4.78 is 16.9. The van der Waals surface area contributed by atoms with Crippen molar-refractivity contribution in [3.8, 4) is 17.2 Å². The van der Waals surface area contributed by atoms with Gasteiger partial charge in [-0.25, -0.2) is 0 Å². The van der Waals surface area contributed by atoms with Gasteiger partial charge in [0.1, 0.15) is 6.61 Å². The molecule has 2 aromatic carbocycles. The Labute approximate surface area is 149 Å². The van der Waals surface area contributed by atoms with Crippen molar-refractivity contribution in [2.45, 2.75) is 32.6 Å². The van der Waals surface area contributed by atoms with E-state index in [0.717, 1.165) is 11.1 Å². The molecule has 0 aromatic heterocycles. The van der Waals surface area contributed by atoms with Crippen LogP contribution in [-0.2, 0) is 13.2 Å². The van der Waals surface area contributed by atoms with Crippen LogP contribution < -0.4 is 19.5 Å². The molecule has 0 heterocycles. The first-order valence-electron chi connectivity index (χ1n) is 8.27. The van der Waals surface area contributed by atoms with E-state index in [4.69, 9.17) is 14.2 Å². The summed E-state index contributed by atoms with van der Waals surface area (Å²) in [5.74, 6) is 1.82. The molecule has 0 aliphatic carbocycles. The third-order valence-corrected chi connectivity index (χ3v) is 3.63. The second-order valence-corrected chi connectivity index (χ2v) is 6.52. The molecule has 25 heavy (non-hydrogen) atoms. The normalized spacial score (nSPS) is 11.2. The van der Waals surface area contributed by atoms with Gasteiger partial charge < -0.3 is 24.6 Å². The number of rotatable bonds is 9. The quantitative estimate of drug-likeness (QED) is 0.731. The molecule has 0 spiro atoms. The Morgan fingerprint density at radius 3 is 2.08 bits per heavy atom. The molecule has 2 aromatic rings.